The lowest BCUT2D eigenvalue weighted by Crippen LogP contribution is -2.03. The molecule has 6 heteroatoms. The smallest absolute Gasteiger partial charge is 0.135 e. The predicted octanol–water partition coefficient (Wildman–Crippen LogP) is 4.85. The van der Waals surface area contributed by atoms with Gasteiger partial charge < -0.3 is 5.32 Å². The third kappa shape index (κ3) is 3.85. The Balaban J connectivity index is 2.32. The van der Waals surface area contributed by atoms with Crippen LogP contribution in [0.3, 0.4) is 0 Å². The summed E-state index contributed by atoms with van der Waals surface area (Å²) < 4.78 is 14.6. The van der Waals surface area contributed by atoms with E-state index >= 15 is 0 Å². The Hall–Kier alpha value is -0.760. The molecule has 0 saturated carbocycles. The molecule has 0 fully saturated rings. The summed E-state index contributed by atoms with van der Waals surface area (Å²) in [7, 11) is 0. The monoisotopic (exact) mass is 435 g/mol. The minimum absolute atomic E-state index is 0.241. The molecule has 0 atom stereocenters. The van der Waals surface area contributed by atoms with E-state index in [0.717, 1.165) is 19.7 Å². The van der Waals surface area contributed by atoms with E-state index in [-0.39, 0.29) is 11.7 Å². The van der Waals surface area contributed by atoms with Crippen molar-refractivity contribution in [3.05, 3.63) is 44.1 Å². The van der Waals surface area contributed by atoms with Crippen molar-refractivity contribution < 1.29 is 4.39 Å². The molecule has 0 radical (unpaired) electrons. The minimum atomic E-state index is -0.248. The average Bonchev–Trinajstić information content (AvgIpc) is 2.32. The van der Waals surface area contributed by atoms with E-state index in [9.17, 15) is 4.39 Å². The lowest BCUT2D eigenvalue weighted by molar-refractivity contribution is 0.627. The van der Waals surface area contributed by atoms with Crippen LogP contribution in [0.5, 0.6) is 0 Å². The van der Waals surface area contributed by atoms with Crippen molar-refractivity contribution in [3.63, 3.8) is 0 Å². The van der Waals surface area contributed by atoms with E-state index in [0.29, 0.717) is 5.82 Å². The van der Waals surface area contributed by atoms with Gasteiger partial charge in [-0.15, -0.1) is 0 Å². The first-order chi connectivity index (χ1) is 8.95. The third-order valence-electron chi connectivity index (χ3n) is 2.42. The standard InChI is InChI=1S/C13H12BrFIN3/c1-7(2)13-18-11(14)6-12(19-13)17-10-4-3-8(15)5-9(10)16/h3-7H,1-2H3,(H,17,18,19). The Morgan fingerprint density at radius 1 is 1.26 bits per heavy atom. The maximum Gasteiger partial charge on any atom is 0.135 e. The predicted molar refractivity (Wildman–Crippen MR) is 86.2 cm³/mol. The van der Waals surface area contributed by atoms with Gasteiger partial charge in [0.15, 0.2) is 0 Å². The molecular formula is C13H12BrFIN3. The van der Waals surface area contributed by atoms with Crippen molar-refractivity contribution >= 4 is 50.0 Å². The molecule has 1 heterocycles. The first-order valence-electron chi connectivity index (χ1n) is 5.72. The molecule has 1 aromatic carbocycles. The molecule has 2 aromatic rings. The number of aromatic nitrogens is 2. The molecule has 1 aromatic heterocycles. The molecular weight excluding hydrogens is 424 g/mol. The normalized spacial score (nSPS) is 10.8. The van der Waals surface area contributed by atoms with E-state index in [4.69, 9.17) is 0 Å². The molecule has 19 heavy (non-hydrogen) atoms. The molecule has 1 N–H and O–H groups in total. The molecule has 0 bridgehead atoms. The molecule has 0 amide bonds. The summed E-state index contributed by atoms with van der Waals surface area (Å²) in [6, 6.07) is 6.39. The Morgan fingerprint density at radius 3 is 2.63 bits per heavy atom. The Bertz CT molecular complexity index is 604. The lowest BCUT2D eigenvalue weighted by atomic mass is 10.2. The average molecular weight is 436 g/mol. The number of rotatable bonds is 3. The zero-order valence-corrected chi connectivity index (χ0v) is 14.2. The highest BCUT2D eigenvalue weighted by Crippen LogP contribution is 2.24. The zero-order chi connectivity index (χ0) is 14.0. The second-order valence-corrected chi connectivity index (χ2v) is 6.31. The van der Waals surface area contributed by atoms with Crippen LogP contribution in [0.2, 0.25) is 0 Å². The number of benzene rings is 1. The fraction of sp³-hybridized carbons (Fsp3) is 0.231. The first-order valence-corrected chi connectivity index (χ1v) is 7.59. The van der Waals surface area contributed by atoms with Crippen LogP contribution >= 0.6 is 38.5 Å². The highest BCUT2D eigenvalue weighted by Gasteiger charge is 2.08. The van der Waals surface area contributed by atoms with E-state index in [2.05, 4.69) is 53.8 Å². The number of halogens is 3. The number of nitrogens with one attached hydrogen (secondary N) is 1. The van der Waals surface area contributed by atoms with Gasteiger partial charge in [0.1, 0.15) is 22.1 Å². The van der Waals surface area contributed by atoms with Gasteiger partial charge >= 0.3 is 0 Å². The summed E-state index contributed by atoms with van der Waals surface area (Å²) in [5.74, 6) is 1.44. The van der Waals surface area contributed by atoms with Crippen LogP contribution in [0.25, 0.3) is 0 Å². The van der Waals surface area contributed by atoms with Crippen LogP contribution in [0, 0.1) is 9.39 Å². The largest absolute Gasteiger partial charge is 0.339 e. The van der Waals surface area contributed by atoms with E-state index in [1.165, 1.54) is 12.1 Å². The highest BCUT2D eigenvalue weighted by molar-refractivity contribution is 14.1. The maximum absolute atomic E-state index is 13.1. The maximum atomic E-state index is 13.1. The van der Waals surface area contributed by atoms with Crippen molar-refractivity contribution in [3.8, 4) is 0 Å². The summed E-state index contributed by atoms with van der Waals surface area (Å²) in [5.41, 5.74) is 0.822. The van der Waals surface area contributed by atoms with E-state index in [1.54, 1.807) is 12.1 Å². The number of nitrogens with zero attached hydrogens (tertiary/aromatic N) is 2. The van der Waals surface area contributed by atoms with Crippen LogP contribution < -0.4 is 5.32 Å². The summed E-state index contributed by atoms with van der Waals surface area (Å²) in [6.07, 6.45) is 0. The molecule has 100 valence electrons. The van der Waals surface area contributed by atoms with Gasteiger partial charge in [0.05, 0.1) is 5.69 Å². The second-order valence-electron chi connectivity index (χ2n) is 4.34. The number of hydrogen-bond donors (Lipinski definition) is 1. The van der Waals surface area contributed by atoms with Gasteiger partial charge in [-0.05, 0) is 56.7 Å². The summed E-state index contributed by atoms with van der Waals surface area (Å²) >= 11 is 5.46. The molecule has 0 aliphatic rings. The first kappa shape index (κ1) is 14.6. The Labute approximate surface area is 133 Å². The van der Waals surface area contributed by atoms with E-state index < -0.39 is 0 Å². The summed E-state index contributed by atoms with van der Waals surface area (Å²) in [4.78, 5) is 8.76. The van der Waals surface area contributed by atoms with Crippen LogP contribution in [0.15, 0.2) is 28.9 Å². The zero-order valence-electron chi connectivity index (χ0n) is 10.4. The second kappa shape index (κ2) is 6.13. The summed E-state index contributed by atoms with van der Waals surface area (Å²) in [6.45, 7) is 4.07. The van der Waals surface area contributed by atoms with Gasteiger partial charge in [-0.1, -0.05) is 13.8 Å². The van der Waals surface area contributed by atoms with Crippen molar-refractivity contribution in [1.82, 2.24) is 9.97 Å². The fourth-order valence-corrected chi connectivity index (χ4v) is 2.50. The number of anilines is 2. The van der Waals surface area contributed by atoms with Crippen LogP contribution in [0.4, 0.5) is 15.9 Å². The SMILES string of the molecule is CC(C)c1nc(Br)cc(Nc2ccc(F)cc2I)n1. The quantitative estimate of drug-likeness (QED) is 0.553. The van der Waals surface area contributed by atoms with E-state index in [1.807, 2.05) is 13.8 Å². The molecule has 3 nitrogen and oxygen atoms in total. The van der Waals surface area contributed by atoms with Crippen LogP contribution in [0.1, 0.15) is 25.6 Å². The topological polar surface area (TPSA) is 37.8 Å². The van der Waals surface area contributed by atoms with Gasteiger partial charge in [0.25, 0.3) is 0 Å². The Kier molecular flexibility index (Phi) is 4.72. The highest BCUT2D eigenvalue weighted by atomic mass is 127. The van der Waals surface area contributed by atoms with Gasteiger partial charge in [-0.25, -0.2) is 14.4 Å². The van der Waals surface area contributed by atoms with Crippen molar-refractivity contribution in [2.45, 2.75) is 19.8 Å². The molecule has 0 unspecified atom stereocenters. The fourth-order valence-electron chi connectivity index (χ4n) is 1.49. The molecule has 0 aliphatic heterocycles. The lowest BCUT2D eigenvalue weighted by Gasteiger charge is -2.11. The number of hydrogen-bond acceptors (Lipinski definition) is 3. The summed E-state index contributed by atoms with van der Waals surface area (Å²) in [5, 5.41) is 3.18. The van der Waals surface area contributed by atoms with Gasteiger partial charge in [-0.2, -0.15) is 0 Å². The molecule has 0 spiro atoms. The minimum Gasteiger partial charge on any atom is -0.339 e. The van der Waals surface area contributed by atoms with Gasteiger partial charge in [-0.3, -0.25) is 0 Å². The Morgan fingerprint density at radius 2 is 2.00 bits per heavy atom. The van der Waals surface area contributed by atoms with Crippen molar-refractivity contribution in [2.75, 3.05) is 5.32 Å². The van der Waals surface area contributed by atoms with Crippen molar-refractivity contribution in [1.29, 1.82) is 0 Å². The van der Waals surface area contributed by atoms with Crippen molar-refractivity contribution in [2.24, 2.45) is 0 Å². The van der Waals surface area contributed by atoms with Crippen LogP contribution in [-0.2, 0) is 0 Å². The van der Waals surface area contributed by atoms with Crippen LogP contribution in [-0.4, -0.2) is 9.97 Å². The third-order valence-corrected chi connectivity index (χ3v) is 3.72. The molecule has 2 rings (SSSR count). The van der Waals surface area contributed by atoms with Gasteiger partial charge in [0, 0.05) is 15.6 Å². The molecule has 0 aliphatic carbocycles. The van der Waals surface area contributed by atoms with Gasteiger partial charge in [0.2, 0.25) is 0 Å². The molecule has 0 saturated heterocycles.